The van der Waals surface area contributed by atoms with Crippen LogP contribution in [-0.4, -0.2) is 11.6 Å². The van der Waals surface area contributed by atoms with Gasteiger partial charge in [0.2, 0.25) is 0 Å². The molecule has 5 heteroatoms. The molecule has 1 aromatic heterocycles. The maximum Gasteiger partial charge on any atom is 0.199 e. The van der Waals surface area contributed by atoms with Crippen LogP contribution in [0.3, 0.4) is 0 Å². The van der Waals surface area contributed by atoms with Crippen LogP contribution in [0, 0.1) is 0 Å². The third-order valence-corrected chi connectivity index (χ3v) is 5.78. The Hall–Kier alpha value is -2.76. The minimum Gasteiger partial charge on any atom is -0.493 e. The molecule has 0 radical (unpaired) electrons. The summed E-state index contributed by atoms with van der Waals surface area (Å²) in [7, 11) is 0. The largest absolute Gasteiger partial charge is 0.493 e. The van der Waals surface area contributed by atoms with Crippen LogP contribution >= 0.6 is 11.3 Å². The fourth-order valence-corrected chi connectivity index (χ4v) is 4.39. The van der Waals surface area contributed by atoms with E-state index in [-0.39, 0.29) is 12.3 Å². The summed E-state index contributed by atoms with van der Waals surface area (Å²) in [6, 6.07) is 20.7. The van der Waals surface area contributed by atoms with Crippen LogP contribution in [0.2, 0.25) is 0 Å². The third kappa shape index (κ3) is 2.80. The van der Waals surface area contributed by atoms with Crippen LogP contribution in [0.4, 0.5) is 0 Å². The van der Waals surface area contributed by atoms with Crippen molar-refractivity contribution in [2.24, 2.45) is 0 Å². The van der Waals surface area contributed by atoms with Gasteiger partial charge in [0.05, 0.1) is 28.8 Å². The van der Waals surface area contributed by atoms with Crippen LogP contribution in [0.5, 0.6) is 11.5 Å². The predicted octanol–water partition coefficient (Wildman–Crippen LogP) is 5.14. The Morgan fingerprint density at radius 2 is 1.85 bits per heavy atom. The first-order valence-corrected chi connectivity index (χ1v) is 10.0. The molecule has 0 amide bonds. The lowest BCUT2D eigenvalue weighted by molar-refractivity contribution is -0.0340. The van der Waals surface area contributed by atoms with Crippen LogP contribution in [0.25, 0.3) is 5.70 Å². The van der Waals surface area contributed by atoms with Crippen molar-refractivity contribution in [3.05, 3.63) is 88.1 Å². The zero-order valence-corrected chi connectivity index (χ0v) is 15.8. The van der Waals surface area contributed by atoms with Crippen molar-refractivity contribution in [1.82, 2.24) is 10.4 Å². The van der Waals surface area contributed by atoms with Gasteiger partial charge in [-0.2, -0.15) is 5.01 Å². The second-order valence-corrected chi connectivity index (χ2v) is 7.45. The van der Waals surface area contributed by atoms with Crippen LogP contribution < -0.4 is 14.9 Å². The minimum absolute atomic E-state index is 0.103. The van der Waals surface area contributed by atoms with E-state index in [1.807, 2.05) is 37.3 Å². The molecule has 27 heavy (non-hydrogen) atoms. The molecular weight excluding hydrogens is 356 g/mol. The van der Waals surface area contributed by atoms with Crippen molar-refractivity contribution >= 4 is 17.0 Å². The number of para-hydroxylation sites is 2. The normalized spacial score (nSPS) is 20.9. The zero-order chi connectivity index (χ0) is 18.2. The number of hydrogen-bond acceptors (Lipinski definition) is 5. The van der Waals surface area contributed by atoms with Gasteiger partial charge in [-0.15, -0.1) is 11.3 Å². The molecular formula is C22H20N2O2S. The molecule has 0 unspecified atom stereocenters. The molecule has 0 fully saturated rings. The highest BCUT2D eigenvalue weighted by Gasteiger charge is 2.41. The summed E-state index contributed by atoms with van der Waals surface area (Å²) in [5, 5.41) is 4.27. The molecule has 2 aromatic carbocycles. The van der Waals surface area contributed by atoms with E-state index in [2.05, 4.69) is 52.2 Å². The standard InChI is InChI=1S/C22H20N2O2S/c1-2-25-19-10-5-4-9-16(19)22-24-18(15-8-3-6-11-20(15)26-22)14-17(23-24)21-12-7-13-27-21/h3-14,18,22-23H,2H2,1H3/t18-,22-/m1/s1. The van der Waals surface area contributed by atoms with E-state index in [0.717, 1.165) is 22.8 Å². The van der Waals surface area contributed by atoms with Crippen LogP contribution in [-0.2, 0) is 0 Å². The van der Waals surface area contributed by atoms with E-state index < -0.39 is 0 Å². The summed E-state index contributed by atoms with van der Waals surface area (Å²) in [6.45, 7) is 2.62. The molecule has 0 bridgehead atoms. The third-order valence-electron chi connectivity index (χ3n) is 4.87. The molecule has 0 saturated carbocycles. The molecule has 5 rings (SSSR count). The van der Waals surface area contributed by atoms with Gasteiger partial charge in [0.1, 0.15) is 11.5 Å². The summed E-state index contributed by atoms with van der Waals surface area (Å²) in [5.41, 5.74) is 6.89. The van der Waals surface area contributed by atoms with Crippen molar-refractivity contribution in [1.29, 1.82) is 0 Å². The predicted molar refractivity (Wildman–Crippen MR) is 107 cm³/mol. The number of fused-ring (bicyclic) bond motifs is 3. The lowest BCUT2D eigenvalue weighted by Gasteiger charge is -2.39. The highest BCUT2D eigenvalue weighted by atomic mass is 32.1. The lowest BCUT2D eigenvalue weighted by atomic mass is 10.0. The SMILES string of the molecule is CCOc1ccccc1[C@H]1Oc2ccccc2[C@H]2C=C(c3cccs3)NN21. The molecule has 3 heterocycles. The summed E-state index contributed by atoms with van der Waals surface area (Å²) in [4.78, 5) is 1.22. The Morgan fingerprint density at radius 1 is 1.04 bits per heavy atom. The van der Waals surface area contributed by atoms with Gasteiger partial charge in [-0.1, -0.05) is 42.5 Å². The number of thiophene rings is 1. The van der Waals surface area contributed by atoms with E-state index in [4.69, 9.17) is 9.47 Å². The maximum absolute atomic E-state index is 6.44. The first kappa shape index (κ1) is 16.4. The summed E-state index contributed by atoms with van der Waals surface area (Å²) in [5.74, 6) is 1.77. The Labute approximate surface area is 162 Å². The van der Waals surface area contributed by atoms with Crippen molar-refractivity contribution in [2.45, 2.75) is 19.2 Å². The topological polar surface area (TPSA) is 33.7 Å². The van der Waals surface area contributed by atoms with E-state index in [1.54, 1.807) is 11.3 Å². The molecule has 3 aromatic rings. The average Bonchev–Trinajstić information content (AvgIpc) is 3.38. The molecule has 2 aliphatic heterocycles. The Kier molecular flexibility index (Phi) is 4.11. The van der Waals surface area contributed by atoms with Crippen LogP contribution in [0.15, 0.2) is 72.1 Å². The average molecular weight is 376 g/mol. The number of rotatable bonds is 4. The number of ether oxygens (including phenoxy) is 2. The second-order valence-electron chi connectivity index (χ2n) is 6.50. The fourth-order valence-electron chi connectivity index (χ4n) is 3.69. The second kappa shape index (κ2) is 6.76. The quantitative estimate of drug-likeness (QED) is 0.684. The maximum atomic E-state index is 6.44. The summed E-state index contributed by atoms with van der Waals surface area (Å²) in [6.07, 6.45) is 2.00. The first-order chi connectivity index (χ1) is 13.3. The zero-order valence-electron chi connectivity index (χ0n) is 15.0. The molecule has 0 aliphatic carbocycles. The molecule has 1 N–H and O–H groups in total. The Morgan fingerprint density at radius 3 is 2.67 bits per heavy atom. The lowest BCUT2D eigenvalue weighted by Crippen LogP contribution is -2.43. The van der Waals surface area contributed by atoms with E-state index >= 15 is 0 Å². The highest BCUT2D eigenvalue weighted by Crippen LogP contribution is 2.47. The van der Waals surface area contributed by atoms with Crippen LogP contribution in [0.1, 0.15) is 35.2 Å². The molecule has 0 spiro atoms. The van der Waals surface area contributed by atoms with Gasteiger partial charge in [-0.05, 0) is 36.6 Å². The Bertz CT molecular complexity index is 983. The molecule has 2 aliphatic rings. The summed E-state index contributed by atoms with van der Waals surface area (Å²) >= 11 is 1.73. The van der Waals surface area contributed by atoms with E-state index in [0.29, 0.717) is 6.61 Å². The number of hydrazine groups is 1. The van der Waals surface area contributed by atoms with Crippen molar-refractivity contribution in [3.63, 3.8) is 0 Å². The minimum atomic E-state index is -0.277. The fraction of sp³-hybridized carbons (Fsp3) is 0.182. The van der Waals surface area contributed by atoms with Gasteiger partial charge < -0.3 is 14.9 Å². The Balaban J connectivity index is 1.60. The van der Waals surface area contributed by atoms with E-state index in [9.17, 15) is 0 Å². The summed E-state index contributed by atoms with van der Waals surface area (Å²) < 4.78 is 12.3. The first-order valence-electron chi connectivity index (χ1n) is 9.13. The molecule has 0 saturated heterocycles. The number of nitrogens with zero attached hydrogens (tertiary/aromatic N) is 1. The van der Waals surface area contributed by atoms with Gasteiger partial charge in [-0.25, -0.2) is 0 Å². The van der Waals surface area contributed by atoms with Gasteiger partial charge in [-0.3, -0.25) is 0 Å². The number of nitrogens with one attached hydrogen (secondary N) is 1. The number of hydrogen-bond donors (Lipinski definition) is 1. The van der Waals surface area contributed by atoms with Crippen molar-refractivity contribution in [2.75, 3.05) is 6.61 Å². The van der Waals surface area contributed by atoms with E-state index in [1.165, 1.54) is 10.4 Å². The van der Waals surface area contributed by atoms with Crippen molar-refractivity contribution in [3.8, 4) is 11.5 Å². The van der Waals surface area contributed by atoms with Gasteiger partial charge in [0.25, 0.3) is 0 Å². The smallest absolute Gasteiger partial charge is 0.199 e. The number of benzene rings is 2. The highest BCUT2D eigenvalue weighted by molar-refractivity contribution is 7.11. The monoisotopic (exact) mass is 376 g/mol. The van der Waals surface area contributed by atoms with Crippen molar-refractivity contribution < 1.29 is 9.47 Å². The molecule has 136 valence electrons. The van der Waals surface area contributed by atoms with Gasteiger partial charge >= 0.3 is 0 Å². The van der Waals surface area contributed by atoms with Gasteiger partial charge in [0, 0.05) is 5.56 Å². The van der Waals surface area contributed by atoms with Gasteiger partial charge in [0.15, 0.2) is 6.23 Å². The molecule has 2 atom stereocenters. The molecule has 4 nitrogen and oxygen atoms in total.